The quantitative estimate of drug-likeness (QED) is 0.220. The van der Waals surface area contributed by atoms with Gasteiger partial charge < -0.3 is 0 Å². The summed E-state index contributed by atoms with van der Waals surface area (Å²) in [6.45, 7) is 14.4. The van der Waals surface area contributed by atoms with Crippen LogP contribution in [-0.4, -0.2) is 12.3 Å². The fraction of sp³-hybridized carbons (Fsp3) is 0.913. The van der Waals surface area contributed by atoms with Crippen molar-refractivity contribution in [2.24, 2.45) is 29.6 Å². The fourth-order valence-corrected chi connectivity index (χ4v) is 5.55. The Morgan fingerprint density at radius 1 is 1.00 bits per heavy atom. The van der Waals surface area contributed by atoms with Gasteiger partial charge in [-0.3, -0.25) is 0 Å². The summed E-state index contributed by atoms with van der Waals surface area (Å²) in [4.78, 5) is 0. The van der Waals surface area contributed by atoms with Crippen LogP contribution in [0.2, 0.25) is 0 Å². The molecule has 0 aromatic heterocycles. The maximum absolute atomic E-state index is 2.51. The van der Waals surface area contributed by atoms with Crippen LogP contribution >= 0.6 is 8.58 Å². The van der Waals surface area contributed by atoms with Crippen molar-refractivity contribution in [3.8, 4) is 0 Å². The van der Waals surface area contributed by atoms with Crippen LogP contribution in [0.25, 0.3) is 0 Å². The Labute approximate surface area is 155 Å². The molecule has 24 heavy (non-hydrogen) atoms. The highest BCUT2D eigenvalue weighted by Gasteiger charge is 2.35. The van der Waals surface area contributed by atoms with Crippen molar-refractivity contribution < 1.29 is 0 Å². The van der Waals surface area contributed by atoms with Crippen LogP contribution in [0, 0.1) is 29.6 Å². The summed E-state index contributed by atoms with van der Waals surface area (Å²) >= 11 is 0. The Bertz CT molecular complexity index is 335. The van der Waals surface area contributed by atoms with Gasteiger partial charge in [0.05, 0.1) is 0 Å². The first kappa shape index (κ1) is 22.2. The van der Waals surface area contributed by atoms with Gasteiger partial charge in [0, 0.05) is 0 Å². The summed E-state index contributed by atoms with van der Waals surface area (Å²) in [6.07, 6.45) is 17.7. The second-order valence-electron chi connectivity index (χ2n) is 8.91. The molecule has 1 aliphatic carbocycles. The predicted octanol–water partition coefficient (Wildman–Crippen LogP) is 7.92. The van der Waals surface area contributed by atoms with Crippen molar-refractivity contribution in [1.29, 1.82) is 0 Å². The molecule has 1 fully saturated rings. The SMILES string of the molecule is CC=CC1CC1CC(CC(C)CCC(C)CC(C)CCCC)PC. The number of hydrogen-bond donors (Lipinski definition) is 0. The first-order valence-electron chi connectivity index (χ1n) is 10.8. The zero-order chi connectivity index (χ0) is 17.9. The van der Waals surface area contributed by atoms with Crippen LogP contribution in [0.1, 0.15) is 92.4 Å². The van der Waals surface area contributed by atoms with E-state index in [9.17, 15) is 0 Å². The van der Waals surface area contributed by atoms with Crippen LogP contribution in [0.4, 0.5) is 0 Å². The highest BCUT2D eigenvalue weighted by atomic mass is 31.1. The molecule has 1 aliphatic rings. The van der Waals surface area contributed by atoms with E-state index in [1.807, 2.05) is 0 Å². The lowest BCUT2D eigenvalue weighted by atomic mass is 9.87. The van der Waals surface area contributed by atoms with Gasteiger partial charge in [-0.1, -0.05) is 72.0 Å². The molecule has 0 heterocycles. The summed E-state index contributed by atoms with van der Waals surface area (Å²) in [7, 11) is 1.14. The van der Waals surface area contributed by atoms with E-state index >= 15 is 0 Å². The Morgan fingerprint density at radius 3 is 2.21 bits per heavy atom. The van der Waals surface area contributed by atoms with E-state index in [1.165, 1.54) is 57.8 Å². The maximum Gasteiger partial charge on any atom is -0.0202 e. The van der Waals surface area contributed by atoms with Gasteiger partial charge in [-0.25, -0.2) is 0 Å². The van der Waals surface area contributed by atoms with Crippen LogP contribution in [-0.2, 0) is 0 Å². The predicted molar refractivity (Wildman–Crippen MR) is 115 cm³/mol. The van der Waals surface area contributed by atoms with Crippen LogP contribution in [0.5, 0.6) is 0 Å². The molecule has 0 amide bonds. The van der Waals surface area contributed by atoms with E-state index in [4.69, 9.17) is 0 Å². The molecule has 0 aliphatic heterocycles. The zero-order valence-electron chi connectivity index (χ0n) is 17.5. The lowest BCUT2D eigenvalue weighted by Crippen LogP contribution is -2.11. The molecule has 0 spiro atoms. The van der Waals surface area contributed by atoms with Crippen molar-refractivity contribution >= 4 is 8.58 Å². The molecule has 1 heteroatoms. The summed E-state index contributed by atoms with van der Waals surface area (Å²) in [5.41, 5.74) is 0.999. The Balaban J connectivity index is 2.18. The average Bonchev–Trinajstić information content (AvgIpc) is 3.28. The van der Waals surface area contributed by atoms with Crippen molar-refractivity contribution in [2.75, 3.05) is 6.66 Å². The van der Waals surface area contributed by atoms with E-state index in [0.29, 0.717) is 0 Å². The van der Waals surface area contributed by atoms with Crippen molar-refractivity contribution in [3.05, 3.63) is 12.2 Å². The molecule has 0 saturated heterocycles. The second kappa shape index (κ2) is 12.5. The molecular formula is C23H45P. The lowest BCUT2D eigenvalue weighted by Gasteiger charge is -2.22. The third kappa shape index (κ3) is 9.60. The second-order valence-corrected chi connectivity index (χ2v) is 10.3. The molecule has 7 unspecified atom stereocenters. The number of allylic oxidation sites excluding steroid dienone is 2. The topological polar surface area (TPSA) is 0 Å². The third-order valence-corrected chi connectivity index (χ3v) is 7.39. The van der Waals surface area contributed by atoms with Crippen molar-refractivity contribution in [1.82, 2.24) is 0 Å². The number of hydrogen-bond acceptors (Lipinski definition) is 0. The molecule has 0 aromatic rings. The minimum atomic E-state index is 0.921. The molecule has 0 bridgehead atoms. The maximum atomic E-state index is 2.51. The summed E-state index contributed by atoms with van der Waals surface area (Å²) in [5.74, 6) is 4.72. The van der Waals surface area contributed by atoms with E-state index < -0.39 is 0 Å². The first-order chi connectivity index (χ1) is 11.5. The molecule has 1 rings (SSSR count). The van der Waals surface area contributed by atoms with E-state index in [0.717, 1.165) is 43.8 Å². The Kier molecular flexibility index (Phi) is 11.6. The number of unbranched alkanes of at least 4 members (excludes halogenated alkanes) is 1. The van der Waals surface area contributed by atoms with E-state index in [2.05, 4.69) is 53.4 Å². The highest BCUT2D eigenvalue weighted by Crippen LogP contribution is 2.46. The van der Waals surface area contributed by atoms with Gasteiger partial charge in [-0.15, -0.1) is 8.58 Å². The molecule has 142 valence electrons. The van der Waals surface area contributed by atoms with Gasteiger partial charge in [-0.05, 0) is 74.5 Å². The average molecular weight is 353 g/mol. The molecule has 0 nitrogen and oxygen atoms in total. The molecule has 7 atom stereocenters. The molecular weight excluding hydrogens is 307 g/mol. The van der Waals surface area contributed by atoms with Gasteiger partial charge in [-0.2, -0.15) is 0 Å². The standard InChI is InChI=1S/C23H45P/c1-7-9-11-18(3)14-19(4)12-13-20(5)15-23(24-6)17-22-16-21(22)10-8-2/h8,10,18-24H,7,9,11-17H2,1-6H3. The minimum Gasteiger partial charge on any atom is -0.122 e. The molecule has 1 saturated carbocycles. The van der Waals surface area contributed by atoms with Gasteiger partial charge >= 0.3 is 0 Å². The third-order valence-electron chi connectivity index (χ3n) is 6.11. The van der Waals surface area contributed by atoms with Gasteiger partial charge in [0.1, 0.15) is 0 Å². The molecule has 0 radical (unpaired) electrons. The Hall–Kier alpha value is 0.170. The van der Waals surface area contributed by atoms with Crippen LogP contribution < -0.4 is 0 Å². The summed E-state index contributed by atoms with van der Waals surface area (Å²) in [6, 6.07) is 0. The normalized spacial score (nSPS) is 26.1. The Morgan fingerprint density at radius 2 is 1.62 bits per heavy atom. The highest BCUT2D eigenvalue weighted by molar-refractivity contribution is 7.37. The summed E-state index contributed by atoms with van der Waals surface area (Å²) < 4.78 is 0. The van der Waals surface area contributed by atoms with Gasteiger partial charge in [0.15, 0.2) is 0 Å². The fourth-order valence-electron chi connectivity index (χ4n) is 4.37. The first-order valence-corrected chi connectivity index (χ1v) is 12.4. The van der Waals surface area contributed by atoms with Gasteiger partial charge in [0.25, 0.3) is 0 Å². The van der Waals surface area contributed by atoms with Crippen LogP contribution in [0.3, 0.4) is 0 Å². The summed E-state index contributed by atoms with van der Waals surface area (Å²) in [5, 5.41) is 0. The van der Waals surface area contributed by atoms with E-state index in [1.54, 1.807) is 0 Å². The van der Waals surface area contributed by atoms with Gasteiger partial charge in [0.2, 0.25) is 0 Å². The van der Waals surface area contributed by atoms with Crippen molar-refractivity contribution in [3.63, 3.8) is 0 Å². The van der Waals surface area contributed by atoms with E-state index in [-0.39, 0.29) is 0 Å². The minimum absolute atomic E-state index is 0.921. The van der Waals surface area contributed by atoms with Crippen LogP contribution in [0.15, 0.2) is 12.2 Å². The monoisotopic (exact) mass is 352 g/mol. The van der Waals surface area contributed by atoms with Crippen molar-refractivity contribution in [2.45, 2.75) is 98.1 Å². The molecule has 0 aromatic carbocycles. The zero-order valence-corrected chi connectivity index (χ0v) is 18.5. The number of rotatable bonds is 14. The molecule has 0 N–H and O–H groups in total. The smallest absolute Gasteiger partial charge is 0.0202 e. The lowest BCUT2D eigenvalue weighted by molar-refractivity contribution is 0.336. The largest absolute Gasteiger partial charge is 0.122 e.